The molecule has 1 aromatic rings. The van der Waals surface area contributed by atoms with Crippen molar-refractivity contribution >= 4 is 5.91 Å². The number of rotatable bonds is 4. The summed E-state index contributed by atoms with van der Waals surface area (Å²) in [7, 11) is 3.17. The minimum Gasteiger partial charge on any atom is -0.497 e. The number of carbonyl (C=O) groups is 1. The van der Waals surface area contributed by atoms with Crippen LogP contribution < -0.4 is 14.8 Å². The predicted molar refractivity (Wildman–Crippen MR) is 83.0 cm³/mol. The van der Waals surface area contributed by atoms with E-state index in [9.17, 15) is 4.79 Å². The molecule has 0 bridgehead atoms. The van der Waals surface area contributed by atoms with E-state index in [1.54, 1.807) is 32.4 Å². The molecule has 21 heavy (non-hydrogen) atoms. The lowest BCUT2D eigenvalue weighted by molar-refractivity contribution is 0.0890. The lowest BCUT2D eigenvalue weighted by Crippen LogP contribution is -2.43. The fraction of sp³-hybridized carbons (Fsp3) is 0.588. The topological polar surface area (TPSA) is 47.6 Å². The second kappa shape index (κ2) is 6.83. The Morgan fingerprint density at radius 1 is 1.10 bits per heavy atom. The molecular formula is C17H25NO3. The Kier molecular flexibility index (Phi) is 5.10. The van der Waals surface area contributed by atoms with Crippen LogP contribution in [0.2, 0.25) is 0 Å². The van der Waals surface area contributed by atoms with Crippen molar-refractivity contribution in [1.29, 1.82) is 0 Å². The van der Waals surface area contributed by atoms with Crippen LogP contribution in [0, 0.1) is 11.8 Å². The van der Waals surface area contributed by atoms with E-state index in [1.165, 1.54) is 12.8 Å². The zero-order valence-electron chi connectivity index (χ0n) is 13.3. The highest BCUT2D eigenvalue weighted by Crippen LogP contribution is 2.30. The highest BCUT2D eigenvalue weighted by atomic mass is 16.5. The Hall–Kier alpha value is -1.71. The molecule has 0 unspecified atom stereocenters. The molecule has 4 heteroatoms. The highest BCUT2D eigenvalue weighted by molar-refractivity contribution is 5.95. The van der Waals surface area contributed by atoms with Gasteiger partial charge in [-0.15, -0.1) is 0 Å². The maximum Gasteiger partial charge on any atom is 0.251 e. The lowest BCUT2D eigenvalue weighted by Gasteiger charge is -2.34. The van der Waals surface area contributed by atoms with Crippen LogP contribution in [0.4, 0.5) is 0 Å². The molecule has 0 radical (unpaired) electrons. The summed E-state index contributed by atoms with van der Waals surface area (Å²) in [5.41, 5.74) is 0.580. The van der Waals surface area contributed by atoms with Crippen LogP contribution in [0.3, 0.4) is 0 Å². The normalized spacial score (nSPS) is 25.2. The molecule has 2 rings (SSSR count). The molecule has 116 valence electrons. The van der Waals surface area contributed by atoms with Crippen molar-refractivity contribution in [2.75, 3.05) is 14.2 Å². The van der Waals surface area contributed by atoms with Crippen LogP contribution in [0.1, 0.15) is 43.5 Å². The summed E-state index contributed by atoms with van der Waals surface area (Å²) in [6.07, 6.45) is 3.48. The van der Waals surface area contributed by atoms with Crippen LogP contribution >= 0.6 is 0 Å². The summed E-state index contributed by atoms with van der Waals surface area (Å²) in [5, 5.41) is 3.17. The summed E-state index contributed by atoms with van der Waals surface area (Å²) >= 11 is 0. The van der Waals surface area contributed by atoms with Gasteiger partial charge in [0.05, 0.1) is 14.2 Å². The second-order valence-electron chi connectivity index (χ2n) is 5.95. The standard InChI is InChI=1S/C17H25NO3/c1-11-6-5-7-16(12(11)2)18-17(19)13-8-14(20-3)10-15(9-13)21-4/h8-12,16H,5-7H2,1-4H3,(H,18,19)/t11-,12+,16-/m1/s1. The molecule has 0 heterocycles. The van der Waals surface area contributed by atoms with Crippen molar-refractivity contribution < 1.29 is 14.3 Å². The third kappa shape index (κ3) is 3.69. The minimum absolute atomic E-state index is 0.0573. The first-order valence-electron chi connectivity index (χ1n) is 7.59. The molecule has 0 spiro atoms. The molecule has 1 aliphatic carbocycles. The highest BCUT2D eigenvalue weighted by Gasteiger charge is 2.28. The quantitative estimate of drug-likeness (QED) is 0.926. The zero-order valence-corrected chi connectivity index (χ0v) is 13.3. The first-order valence-corrected chi connectivity index (χ1v) is 7.59. The van der Waals surface area contributed by atoms with Gasteiger partial charge in [0.1, 0.15) is 11.5 Å². The summed E-state index contributed by atoms with van der Waals surface area (Å²) in [6, 6.07) is 5.50. The second-order valence-corrected chi connectivity index (χ2v) is 5.95. The van der Waals surface area contributed by atoms with Gasteiger partial charge in [-0.05, 0) is 30.4 Å². The van der Waals surface area contributed by atoms with Crippen molar-refractivity contribution in [3.8, 4) is 11.5 Å². The Morgan fingerprint density at radius 2 is 1.71 bits per heavy atom. The number of nitrogens with one attached hydrogen (secondary N) is 1. The van der Waals surface area contributed by atoms with Crippen molar-refractivity contribution in [3.63, 3.8) is 0 Å². The predicted octanol–water partition coefficient (Wildman–Crippen LogP) is 3.26. The molecule has 1 fully saturated rings. The monoisotopic (exact) mass is 291 g/mol. The first kappa shape index (κ1) is 15.7. The third-order valence-electron chi connectivity index (χ3n) is 4.64. The maximum atomic E-state index is 12.5. The van der Waals surface area contributed by atoms with E-state index in [0.29, 0.717) is 28.9 Å². The first-order chi connectivity index (χ1) is 10.0. The number of methoxy groups -OCH3 is 2. The minimum atomic E-state index is -0.0573. The molecule has 1 aliphatic rings. The van der Waals surface area contributed by atoms with E-state index in [-0.39, 0.29) is 11.9 Å². The number of hydrogen-bond donors (Lipinski definition) is 1. The van der Waals surface area contributed by atoms with Gasteiger partial charge < -0.3 is 14.8 Å². The van der Waals surface area contributed by atoms with Crippen LogP contribution in [-0.2, 0) is 0 Å². The molecule has 3 atom stereocenters. The van der Waals surface area contributed by atoms with E-state index >= 15 is 0 Å². The number of hydrogen-bond acceptors (Lipinski definition) is 3. The van der Waals surface area contributed by atoms with Gasteiger partial charge >= 0.3 is 0 Å². The summed E-state index contributed by atoms with van der Waals surface area (Å²) in [6.45, 7) is 4.48. The Morgan fingerprint density at radius 3 is 2.29 bits per heavy atom. The summed E-state index contributed by atoms with van der Waals surface area (Å²) < 4.78 is 10.4. The molecule has 0 aromatic heterocycles. The van der Waals surface area contributed by atoms with Crippen molar-refractivity contribution in [2.24, 2.45) is 11.8 Å². The Labute approximate surface area is 126 Å². The SMILES string of the molecule is COc1cc(OC)cc(C(=O)N[C@@H]2CCC[C@@H](C)[C@@H]2C)c1. The van der Waals surface area contributed by atoms with E-state index in [0.717, 1.165) is 6.42 Å². The fourth-order valence-corrected chi connectivity index (χ4v) is 2.98. The number of amides is 1. The maximum absolute atomic E-state index is 12.5. The van der Waals surface area contributed by atoms with Crippen LogP contribution in [0.15, 0.2) is 18.2 Å². The van der Waals surface area contributed by atoms with Crippen LogP contribution in [0.25, 0.3) is 0 Å². The molecule has 4 nitrogen and oxygen atoms in total. The lowest BCUT2D eigenvalue weighted by atomic mass is 9.78. The van der Waals surface area contributed by atoms with Crippen LogP contribution in [-0.4, -0.2) is 26.2 Å². The van der Waals surface area contributed by atoms with E-state index < -0.39 is 0 Å². The molecule has 1 N–H and O–H groups in total. The van der Waals surface area contributed by atoms with E-state index in [4.69, 9.17) is 9.47 Å². The summed E-state index contributed by atoms with van der Waals surface area (Å²) in [4.78, 5) is 12.5. The largest absolute Gasteiger partial charge is 0.497 e. The van der Waals surface area contributed by atoms with Crippen LogP contribution in [0.5, 0.6) is 11.5 Å². The Balaban J connectivity index is 2.12. The molecular weight excluding hydrogens is 266 g/mol. The van der Waals surface area contributed by atoms with Gasteiger partial charge in [0.15, 0.2) is 0 Å². The van der Waals surface area contributed by atoms with Gasteiger partial charge in [0, 0.05) is 17.7 Å². The average molecular weight is 291 g/mol. The molecule has 0 aliphatic heterocycles. The molecule has 0 saturated heterocycles. The molecule has 1 saturated carbocycles. The van der Waals surface area contributed by atoms with Gasteiger partial charge in [-0.3, -0.25) is 4.79 Å². The van der Waals surface area contributed by atoms with Gasteiger partial charge in [-0.1, -0.05) is 26.7 Å². The number of ether oxygens (including phenoxy) is 2. The fourth-order valence-electron chi connectivity index (χ4n) is 2.98. The average Bonchev–Trinajstić information content (AvgIpc) is 2.51. The smallest absolute Gasteiger partial charge is 0.251 e. The van der Waals surface area contributed by atoms with Gasteiger partial charge in [0.25, 0.3) is 5.91 Å². The van der Waals surface area contributed by atoms with Gasteiger partial charge in [0.2, 0.25) is 0 Å². The van der Waals surface area contributed by atoms with E-state index in [1.807, 2.05) is 0 Å². The van der Waals surface area contributed by atoms with Gasteiger partial charge in [-0.2, -0.15) is 0 Å². The molecule has 1 amide bonds. The Bertz CT molecular complexity index is 479. The van der Waals surface area contributed by atoms with E-state index in [2.05, 4.69) is 19.2 Å². The number of carbonyl (C=O) groups excluding carboxylic acids is 1. The third-order valence-corrected chi connectivity index (χ3v) is 4.64. The van der Waals surface area contributed by atoms with Crippen molar-refractivity contribution in [3.05, 3.63) is 23.8 Å². The van der Waals surface area contributed by atoms with Crippen molar-refractivity contribution in [2.45, 2.75) is 39.2 Å². The molecule has 1 aromatic carbocycles. The summed E-state index contributed by atoms with van der Waals surface area (Å²) in [5.74, 6) is 2.37. The van der Waals surface area contributed by atoms with Gasteiger partial charge in [-0.25, -0.2) is 0 Å². The number of benzene rings is 1. The van der Waals surface area contributed by atoms with Crippen molar-refractivity contribution in [1.82, 2.24) is 5.32 Å². The zero-order chi connectivity index (χ0) is 15.4.